The lowest BCUT2D eigenvalue weighted by Gasteiger charge is -2.17. The van der Waals surface area contributed by atoms with Gasteiger partial charge < -0.3 is 9.84 Å². The predicted octanol–water partition coefficient (Wildman–Crippen LogP) is 3.20. The maximum Gasteiger partial charge on any atom is 0.308 e. The molecule has 2 aromatic carbocycles. The number of ketones is 1. The summed E-state index contributed by atoms with van der Waals surface area (Å²) >= 11 is 0. The first-order valence-corrected chi connectivity index (χ1v) is 8.67. The number of hydrogen-bond acceptors (Lipinski definition) is 4. The van der Waals surface area contributed by atoms with E-state index in [0.717, 1.165) is 16.9 Å². The van der Waals surface area contributed by atoms with Crippen molar-refractivity contribution < 1.29 is 19.4 Å². The topological polar surface area (TPSA) is 66.8 Å². The van der Waals surface area contributed by atoms with Crippen LogP contribution in [0.1, 0.15) is 34.3 Å². The molecule has 1 fully saturated rings. The fourth-order valence-electron chi connectivity index (χ4n) is 3.58. The van der Waals surface area contributed by atoms with Crippen LogP contribution in [0.15, 0.2) is 48.5 Å². The van der Waals surface area contributed by atoms with E-state index in [0.29, 0.717) is 25.2 Å². The van der Waals surface area contributed by atoms with Gasteiger partial charge in [0.2, 0.25) is 0 Å². The minimum absolute atomic E-state index is 0.0433. The first kappa shape index (κ1) is 18.1. The summed E-state index contributed by atoms with van der Waals surface area (Å²) in [5.74, 6) is -0.503. The molecule has 5 heteroatoms. The highest BCUT2D eigenvalue weighted by Gasteiger charge is 2.38. The minimum atomic E-state index is -0.771. The highest BCUT2D eigenvalue weighted by Crippen LogP contribution is 2.35. The van der Waals surface area contributed by atoms with Crippen LogP contribution in [0, 0.1) is 5.92 Å². The monoisotopic (exact) mass is 353 g/mol. The van der Waals surface area contributed by atoms with Crippen LogP contribution in [-0.4, -0.2) is 42.0 Å². The second kappa shape index (κ2) is 7.70. The summed E-state index contributed by atoms with van der Waals surface area (Å²) < 4.78 is 5.27. The molecule has 2 aromatic rings. The third kappa shape index (κ3) is 3.94. The quantitative estimate of drug-likeness (QED) is 0.808. The van der Waals surface area contributed by atoms with E-state index in [1.807, 2.05) is 48.5 Å². The van der Waals surface area contributed by atoms with E-state index in [4.69, 9.17) is 4.74 Å². The van der Waals surface area contributed by atoms with E-state index < -0.39 is 11.9 Å². The zero-order valence-corrected chi connectivity index (χ0v) is 15.0. The lowest BCUT2D eigenvalue weighted by atomic mass is 9.89. The van der Waals surface area contributed by atoms with Gasteiger partial charge in [0.15, 0.2) is 5.78 Å². The molecule has 0 saturated carbocycles. The van der Waals surface area contributed by atoms with Crippen LogP contribution in [0.2, 0.25) is 0 Å². The number of carboxylic acids is 1. The van der Waals surface area contributed by atoms with Gasteiger partial charge in [0.05, 0.1) is 13.0 Å². The number of Topliss-reactive ketones (excluding diaryl/α,β-unsaturated/α-hetero) is 1. The van der Waals surface area contributed by atoms with Gasteiger partial charge in [-0.05, 0) is 30.2 Å². The van der Waals surface area contributed by atoms with Gasteiger partial charge in [-0.2, -0.15) is 0 Å². The SMILES string of the molecule is COc1cccc([C@H]2CN(Cc3ccc(C(C)=O)cc3)C[C@@H]2C(=O)O)c1. The van der Waals surface area contributed by atoms with Crippen LogP contribution >= 0.6 is 0 Å². The summed E-state index contributed by atoms with van der Waals surface area (Å²) in [5.41, 5.74) is 2.75. The van der Waals surface area contributed by atoms with Crippen LogP contribution < -0.4 is 4.74 Å². The number of benzene rings is 2. The number of aliphatic carboxylic acids is 1. The zero-order valence-electron chi connectivity index (χ0n) is 15.0. The number of rotatable bonds is 6. The highest BCUT2D eigenvalue weighted by molar-refractivity contribution is 5.94. The summed E-state index contributed by atoms with van der Waals surface area (Å²) in [4.78, 5) is 25.3. The van der Waals surface area contributed by atoms with Crippen LogP contribution in [0.4, 0.5) is 0 Å². The smallest absolute Gasteiger partial charge is 0.308 e. The molecule has 0 unspecified atom stereocenters. The molecule has 136 valence electrons. The first-order valence-electron chi connectivity index (χ1n) is 8.67. The number of likely N-dealkylation sites (tertiary alicyclic amines) is 1. The van der Waals surface area contributed by atoms with Crippen molar-refractivity contribution in [3.8, 4) is 5.75 Å². The molecular formula is C21H23NO4. The Morgan fingerprint density at radius 2 is 1.88 bits per heavy atom. The molecule has 1 heterocycles. The molecule has 0 radical (unpaired) electrons. The average molecular weight is 353 g/mol. The van der Waals surface area contributed by atoms with Crippen molar-refractivity contribution in [2.75, 3.05) is 20.2 Å². The number of carbonyl (C=O) groups excluding carboxylic acids is 1. The summed E-state index contributed by atoms with van der Waals surface area (Å²) in [6.07, 6.45) is 0. The Hall–Kier alpha value is -2.66. The van der Waals surface area contributed by atoms with Gasteiger partial charge in [0.25, 0.3) is 0 Å². The zero-order chi connectivity index (χ0) is 18.7. The second-order valence-corrected chi connectivity index (χ2v) is 6.78. The fraction of sp³-hybridized carbons (Fsp3) is 0.333. The van der Waals surface area contributed by atoms with E-state index in [1.165, 1.54) is 0 Å². The van der Waals surface area contributed by atoms with Gasteiger partial charge in [-0.15, -0.1) is 0 Å². The highest BCUT2D eigenvalue weighted by atomic mass is 16.5. The molecule has 1 aliphatic rings. The van der Waals surface area contributed by atoms with Crippen LogP contribution in [0.3, 0.4) is 0 Å². The second-order valence-electron chi connectivity index (χ2n) is 6.78. The summed E-state index contributed by atoms with van der Waals surface area (Å²) in [5, 5.41) is 9.66. The molecule has 0 bridgehead atoms. The number of carbonyl (C=O) groups is 2. The molecule has 5 nitrogen and oxygen atoms in total. The number of hydrogen-bond donors (Lipinski definition) is 1. The van der Waals surface area contributed by atoms with Gasteiger partial charge in [-0.3, -0.25) is 14.5 Å². The normalized spacial score (nSPS) is 20.1. The van der Waals surface area contributed by atoms with Gasteiger partial charge in [-0.25, -0.2) is 0 Å². The standard InChI is InChI=1S/C21H23NO4/c1-14(23)16-8-6-15(7-9-16)11-22-12-19(20(13-22)21(24)25)17-4-3-5-18(10-17)26-2/h3-10,19-20H,11-13H2,1-2H3,(H,24,25)/t19-,20+/m1/s1. The van der Waals surface area contributed by atoms with Crippen LogP contribution in [-0.2, 0) is 11.3 Å². The molecule has 1 N–H and O–H groups in total. The molecule has 26 heavy (non-hydrogen) atoms. The Morgan fingerprint density at radius 1 is 1.15 bits per heavy atom. The molecule has 0 aromatic heterocycles. The molecule has 1 saturated heterocycles. The Labute approximate surface area is 153 Å². The molecule has 2 atom stereocenters. The largest absolute Gasteiger partial charge is 0.497 e. The van der Waals surface area contributed by atoms with E-state index in [-0.39, 0.29) is 11.7 Å². The van der Waals surface area contributed by atoms with Gasteiger partial charge >= 0.3 is 5.97 Å². The number of ether oxygens (including phenoxy) is 1. The predicted molar refractivity (Wildman–Crippen MR) is 98.6 cm³/mol. The third-order valence-electron chi connectivity index (χ3n) is 5.00. The molecule has 0 amide bonds. The Kier molecular flexibility index (Phi) is 5.38. The Bertz CT molecular complexity index is 800. The lowest BCUT2D eigenvalue weighted by molar-refractivity contribution is -0.141. The fourth-order valence-corrected chi connectivity index (χ4v) is 3.58. The number of carboxylic acid groups (broad SMARTS) is 1. The van der Waals surface area contributed by atoms with Crippen molar-refractivity contribution in [1.82, 2.24) is 4.90 Å². The van der Waals surface area contributed by atoms with E-state index in [1.54, 1.807) is 14.0 Å². The van der Waals surface area contributed by atoms with Crippen LogP contribution in [0.25, 0.3) is 0 Å². The van der Waals surface area contributed by atoms with E-state index in [9.17, 15) is 14.7 Å². The lowest BCUT2D eigenvalue weighted by Crippen LogP contribution is -2.23. The third-order valence-corrected chi connectivity index (χ3v) is 5.00. The molecular weight excluding hydrogens is 330 g/mol. The van der Waals surface area contributed by atoms with Crippen molar-refractivity contribution in [3.05, 3.63) is 65.2 Å². The van der Waals surface area contributed by atoms with Gasteiger partial charge in [0, 0.05) is 31.1 Å². The van der Waals surface area contributed by atoms with Crippen molar-refractivity contribution in [1.29, 1.82) is 0 Å². The number of methoxy groups -OCH3 is 1. The number of nitrogens with zero attached hydrogens (tertiary/aromatic N) is 1. The maximum atomic E-state index is 11.8. The first-order chi connectivity index (χ1) is 12.5. The van der Waals surface area contributed by atoms with Crippen molar-refractivity contribution in [2.24, 2.45) is 5.92 Å². The van der Waals surface area contributed by atoms with Crippen molar-refractivity contribution in [2.45, 2.75) is 19.4 Å². The molecule has 0 spiro atoms. The average Bonchev–Trinajstić information content (AvgIpc) is 3.06. The minimum Gasteiger partial charge on any atom is -0.497 e. The summed E-state index contributed by atoms with van der Waals surface area (Å²) in [7, 11) is 1.61. The van der Waals surface area contributed by atoms with E-state index in [2.05, 4.69) is 4.90 Å². The summed E-state index contributed by atoms with van der Waals surface area (Å²) in [6.45, 7) is 3.40. The van der Waals surface area contributed by atoms with Gasteiger partial charge in [0.1, 0.15) is 5.75 Å². The molecule has 0 aliphatic carbocycles. The van der Waals surface area contributed by atoms with Crippen molar-refractivity contribution >= 4 is 11.8 Å². The summed E-state index contributed by atoms with van der Waals surface area (Å²) in [6, 6.07) is 15.2. The van der Waals surface area contributed by atoms with Crippen LogP contribution in [0.5, 0.6) is 5.75 Å². The molecule has 3 rings (SSSR count). The maximum absolute atomic E-state index is 11.8. The molecule has 1 aliphatic heterocycles. The van der Waals surface area contributed by atoms with Gasteiger partial charge in [-0.1, -0.05) is 36.4 Å². The Morgan fingerprint density at radius 3 is 2.50 bits per heavy atom. The van der Waals surface area contributed by atoms with Crippen molar-refractivity contribution in [3.63, 3.8) is 0 Å². The Balaban J connectivity index is 1.76. The van der Waals surface area contributed by atoms with E-state index >= 15 is 0 Å².